The highest BCUT2D eigenvalue weighted by Gasteiger charge is 2.55. The van der Waals surface area contributed by atoms with Crippen LogP contribution in [0.25, 0.3) is 11.3 Å². The zero-order valence-electron chi connectivity index (χ0n) is 13.9. The number of benzene rings is 1. The summed E-state index contributed by atoms with van der Waals surface area (Å²) in [6, 6.07) is 5.98. The second kappa shape index (κ2) is 6.44. The maximum Gasteiger partial charge on any atom is 0.310 e. The molecule has 26 heavy (non-hydrogen) atoms. The van der Waals surface area contributed by atoms with Gasteiger partial charge in [-0.1, -0.05) is 0 Å². The van der Waals surface area contributed by atoms with E-state index in [0.717, 1.165) is 10.4 Å². The number of nitrogens with zero attached hydrogens (tertiary/aromatic N) is 1. The quantitative estimate of drug-likeness (QED) is 0.856. The molecule has 2 N–H and O–H groups in total. The van der Waals surface area contributed by atoms with Gasteiger partial charge in [0.15, 0.2) is 5.13 Å². The summed E-state index contributed by atoms with van der Waals surface area (Å²) in [6.07, 6.45) is 0.639. The second-order valence-electron chi connectivity index (χ2n) is 6.60. The van der Waals surface area contributed by atoms with Crippen LogP contribution in [0.15, 0.2) is 24.3 Å². The third-order valence-corrected chi connectivity index (χ3v) is 5.89. The maximum absolute atomic E-state index is 13.1. The Balaban J connectivity index is 1.54. The number of hydrogen-bond acceptors (Lipinski definition) is 5. The topological polar surface area (TPSA) is 88.5 Å². The molecule has 2 aliphatic heterocycles. The van der Waals surface area contributed by atoms with Crippen molar-refractivity contribution in [2.75, 3.05) is 5.32 Å². The van der Waals surface area contributed by atoms with Crippen LogP contribution in [0.4, 0.5) is 9.52 Å². The van der Waals surface area contributed by atoms with Crippen molar-refractivity contribution in [3.8, 4) is 11.3 Å². The van der Waals surface area contributed by atoms with Crippen LogP contribution in [-0.2, 0) is 14.3 Å². The van der Waals surface area contributed by atoms with Gasteiger partial charge in [0.1, 0.15) is 5.82 Å². The molecule has 3 heterocycles. The number of thiazole rings is 1. The van der Waals surface area contributed by atoms with Gasteiger partial charge in [-0.3, -0.25) is 9.59 Å². The van der Waals surface area contributed by atoms with Crippen LogP contribution in [-0.4, -0.2) is 34.2 Å². The van der Waals surface area contributed by atoms with E-state index in [1.165, 1.54) is 23.5 Å². The van der Waals surface area contributed by atoms with Gasteiger partial charge in [0, 0.05) is 10.4 Å². The molecule has 0 radical (unpaired) electrons. The molecule has 1 amide bonds. The van der Waals surface area contributed by atoms with Crippen molar-refractivity contribution in [3.05, 3.63) is 35.0 Å². The van der Waals surface area contributed by atoms with Gasteiger partial charge in [0.2, 0.25) is 5.91 Å². The highest BCUT2D eigenvalue weighted by Crippen LogP contribution is 2.44. The first-order valence-corrected chi connectivity index (χ1v) is 9.18. The van der Waals surface area contributed by atoms with Gasteiger partial charge in [-0.25, -0.2) is 9.37 Å². The maximum atomic E-state index is 13.1. The van der Waals surface area contributed by atoms with Crippen LogP contribution in [0.2, 0.25) is 0 Å². The number of carbonyl (C=O) groups excluding carboxylic acids is 1. The number of aromatic nitrogens is 1. The molecule has 0 aliphatic carbocycles. The number of anilines is 1. The smallest absolute Gasteiger partial charge is 0.310 e. The first-order valence-electron chi connectivity index (χ1n) is 8.36. The lowest BCUT2D eigenvalue weighted by Crippen LogP contribution is -2.40. The number of rotatable bonds is 4. The fourth-order valence-electron chi connectivity index (χ4n) is 3.84. The van der Waals surface area contributed by atoms with Crippen molar-refractivity contribution in [2.45, 2.75) is 32.0 Å². The summed E-state index contributed by atoms with van der Waals surface area (Å²) < 4.78 is 18.7. The van der Waals surface area contributed by atoms with E-state index in [9.17, 15) is 19.1 Å². The van der Waals surface area contributed by atoms with Crippen LogP contribution < -0.4 is 5.32 Å². The van der Waals surface area contributed by atoms with E-state index in [1.54, 1.807) is 12.1 Å². The number of amides is 1. The number of halogens is 1. The van der Waals surface area contributed by atoms with Gasteiger partial charge >= 0.3 is 5.97 Å². The monoisotopic (exact) mass is 376 g/mol. The molecular weight excluding hydrogens is 359 g/mol. The van der Waals surface area contributed by atoms with Gasteiger partial charge in [0.25, 0.3) is 0 Å². The van der Waals surface area contributed by atoms with Crippen molar-refractivity contribution in [1.29, 1.82) is 0 Å². The molecule has 2 aliphatic rings. The molecule has 8 heteroatoms. The van der Waals surface area contributed by atoms with Crippen LogP contribution >= 0.6 is 11.3 Å². The molecule has 6 nitrogen and oxygen atoms in total. The van der Waals surface area contributed by atoms with Gasteiger partial charge < -0.3 is 15.2 Å². The average Bonchev–Trinajstić information content (AvgIpc) is 3.29. The SMILES string of the molecule is Cc1sc(NC(=O)[C@H]2[C@@H](C(=O)O)[C@H]3CC[C@H]2O3)nc1-c1ccc(F)cc1. The molecule has 0 spiro atoms. The van der Waals surface area contributed by atoms with Crippen LogP contribution in [0.3, 0.4) is 0 Å². The highest BCUT2D eigenvalue weighted by molar-refractivity contribution is 7.16. The number of carbonyl (C=O) groups is 2. The molecule has 136 valence electrons. The third-order valence-electron chi connectivity index (χ3n) is 5.01. The predicted molar refractivity (Wildman–Crippen MR) is 93.4 cm³/mol. The first kappa shape index (κ1) is 17.1. The lowest BCUT2D eigenvalue weighted by molar-refractivity contribution is -0.147. The second-order valence-corrected chi connectivity index (χ2v) is 7.80. The lowest BCUT2D eigenvalue weighted by atomic mass is 9.79. The zero-order valence-corrected chi connectivity index (χ0v) is 14.8. The minimum absolute atomic E-state index is 0.328. The van der Waals surface area contributed by atoms with E-state index < -0.39 is 17.8 Å². The number of fused-ring (bicyclic) bond motifs is 2. The number of aryl methyl sites for hydroxylation is 1. The van der Waals surface area contributed by atoms with E-state index in [4.69, 9.17) is 4.74 Å². The van der Waals surface area contributed by atoms with Gasteiger partial charge in [-0.15, -0.1) is 11.3 Å². The molecule has 2 saturated heterocycles. The normalized spacial score (nSPS) is 26.8. The Hall–Kier alpha value is -2.32. The van der Waals surface area contributed by atoms with Crippen LogP contribution in [0, 0.1) is 24.6 Å². The zero-order chi connectivity index (χ0) is 18.4. The molecule has 1 aromatic carbocycles. The van der Waals surface area contributed by atoms with Crippen molar-refractivity contribution >= 4 is 28.3 Å². The lowest BCUT2D eigenvalue weighted by Gasteiger charge is -2.23. The van der Waals surface area contributed by atoms with Gasteiger partial charge in [-0.05, 0) is 44.0 Å². The van der Waals surface area contributed by atoms with E-state index in [1.807, 2.05) is 6.92 Å². The number of ether oxygens (including phenoxy) is 1. The van der Waals surface area contributed by atoms with Crippen LogP contribution in [0.5, 0.6) is 0 Å². The summed E-state index contributed by atoms with van der Waals surface area (Å²) in [5.74, 6) is -3.22. The number of carboxylic acids is 1. The van der Waals surface area contributed by atoms with Crippen molar-refractivity contribution in [1.82, 2.24) is 4.98 Å². The minimum Gasteiger partial charge on any atom is -0.481 e. The van der Waals surface area contributed by atoms with E-state index >= 15 is 0 Å². The predicted octanol–water partition coefficient (Wildman–Crippen LogP) is 3.07. The Morgan fingerprint density at radius 1 is 1.23 bits per heavy atom. The summed E-state index contributed by atoms with van der Waals surface area (Å²) in [4.78, 5) is 29.5. The Kier molecular flexibility index (Phi) is 4.24. The Labute approximate surface area is 153 Å². The van der Waals surface area contributed by atoms with E-state index in [2.05, 4.69) is 10.3 Å². The summed E-state index contributed by atoms with van der Waals surface area (Å²) >= 11 is 1.31. The molecule has 4 rings (SSSR count). The molecule has 2 bridgehead atoms. The van der Waals surface area contributed by atoms with E-state index in [0.29, 0.717) is 23.7 Å². The third kappa shape index (κ3) is 2.89. The van der Waals surface area contributed by atoms with Crippen molar-refractivity contribution in [3.63, 3.8) is 0 Å². The van der Waals surface area contributed by atoms with Crippen molar-refractivity contribution < 1.29 is 23.8 Å². The Morgan fingerprint density at radius 2 is 1.88 bits per heavy atom. The fourth-order valence-corrected chi connectivity index (χ4v) is 4.68. The molecule has 2 aromatic rings. The number of nitrogens with one attached hydrogen (secondary N) is 1. The van der Waals surface area contributed by atoms with Gasteiger partial charge in [-0.2, -0.15) is 0 Å². The minimum atomic E-state index is -1.00. The number of hydrogen-bond donors (Lipinski definition) is 2. The number of carboxylic acid groups (broad SMARTS) is 1. The summed E-state index contributed by atoms with van der Waals surface area (Å²) in [5.41, 5.74) is 1.43. The molecule has 1 aromatic heterocycles. The highest BCUT2D eigenvalue weighted by atomic mass is 32.1. The number of aliphatic carboxylic acids is 1. The molecule has 0 unspecified atom stereocenters. The van der Waals surface area contributed by atoms with Gasteiger partial charge in [0.05, 0.1) is 29.7 Å². The summed E-state index contributed by atoms with van der Waals surface area (Å²) in [6.45, 7) is 1.87. The first-order chi connectivity index (χ1) is 12.4. The fraction of sp³-hybridized carbons (Fsp3) is 0.389. The van der Waals surface area contributed by atoms with Crippen molar-refractivity contribution in [2.24, 2.45) is 11.8 Å². The summed E-state index contributed by atoms with van der Waals surface area (Å²) in [7, 11) is 0. The molecular formula is C18H17FN2O4S. The standard InChI is InChI=1S/C18H17FN2O4S/c1-8-15(9-2-4-10(19)5-3-9)20-18(26-8)21-16(22)13-11-6-7-12(25-11)14(13)17(23)24/h2-5,11-14H,6-7H2,1H3,(H,23,24)(H,20,21,22)/t11-,12-,13-,14+/m1/s1. The molecule has 2 fully saturated rings. The largest absolute Gasteiger partial charge is 0.481 e. The Morgan fingerprint density at radius 3 is 2.54 bits per heavy atom. The average molecular weight is 376 g/mol. The summed E-state index contributed by atoms with van der Waals surface area (Å²) in [5, 5.41) is 12.6. The molecule has 4 atom stereocenters. The Bertz CT molecular complexity index is 867. The van der Waals surface area contributed by atoms with Crippen LogP contribution in [0.1, 0.15) is 17.7 Å². The molecule has 0 saturated carbocycles. The van der Waals surface area contributed by atoms with E-state index in [-0.39, 0.29) is 23.9 Å².